The number of Topliss-reactive ketones (excluding diaryl/α,β-unsaturated/α-hetero) is 1. The van der Waals surface area contributed by atoms with Crippen molar-refractivity contribution in [1.29, 1.82) is 0 Å². The molecule has 0 N–H and O–H groups in total. The number of carbonyl (C=O) groups is 1. The number of carbonyl (C=O) groups excluding carboxylic acids is 1. The third-order valence-electron chi connectivity index (χ3n) is 3.44. The van der Waals surface area contributed by atoms with Crippen molar-refractivity contribution in [2.75, 3.05) is 26.2 Å². The Kier molecular flexibility index (Phi) is 3.32. The SMILES string of the molecule is CC(=O)[C@@H]1CCN(S(=O)(=O)N2CCCC2)C1. The van der Waals surface area contributed by atoms with Crippen LogP contribution in [0.1, 0.15) is 26.2 Å². The fourth-order valence-corrected chi connectivity index (χ4v) is 4.10. The molecule has 2 fully saturated rings. The molecular formula is C10H18N2O3S. The summed E-state index contributed by atoms with van der Waals surface area (Å²) < 4.78 is 27.3. The lowest BCUT2D eigenvalue weighted by Gasteiger charge is -2.23. The first kappa shape index (κ1) is 12.0. The molecule has 0 saturated carbocycles. The summed E-state index contributed by atoms with van der Waals surface area (Å²) in [6, 6.07) is 0. The average molecular weight is 246 g/mol. The summed E-state index contributed by atoms with van der Waals surface area (Å²) in [5, 5.41) is 0. The molecule has 6 heteroatoms. The van der Waals surface area contributed by atoms with Gasteiger partial charge in [-0.15, -0.1) is 0 Å². The molecule has 5 nitrogen and oxygen atoms in total. The van der Waals surface area contributed by atoms with E-state index in [0.29, 0.717) is 32.6 Å². The Bertz CT molecular complexity index is 374. The van der Waals surface area contributed by atoms with Gasteiger partial charge in [0.2, 0.25) is 0 Å². The van der Waals surface area contributed by atoms with Gasteiger partial charge in [0.1, 0.15) is 5.78 Å². The smallest absolute Gasteiger partial charge is 0.281 e. The van der Waals surface area contributed by atoms with Gasteiger partial charge in [0.05, 0.1) is 0 Å². The maximum Gasteiger partial charge on any atom is 0.281 e. The second kappa shape index (κ2) is 4.43. The molecule has 16 heavy (non-hydrogen) atoms. The van der Waals surface area contributed by atoms with Gasteiger partial charge in [0, 0.05) is 32.1 Å². The second-order valence-corrected chi connectivity index (χ2v) is 6.50. The zero-order valence-electron chi connectivity index (χ0n) is 9.55. The summed E-state index contributed by atoms with van der Waals surface area (Å²) in [7, 11) is -3.29. The van der Waals surface area contributed by atoms with Crippen LogP contribution in [0.4, 0.5) is 0 Å². The van der Waals surface area contributed by atoms with Crippen LogP contribution in [0.3, 0.4) is 0 Å². The molecule has 1 atom stereocenters. The van der Waals surface area contributed by atoms with Crippen molar-refractivity contribution < 1.29 is 13.2 Å². The van der Waals surface area contributed by atoms with Gasteiger partial charge in [-0.3, -0.25) is 4.79 Å². The van der Waals surface area contributed by atoms with Crippen molar-refractivity contribution >= 4 is 16.0 Å². The minimum absolute atomic E-state index is 0.0964. The summed E-state index contributed by atoms with van der Waals surface area (Å²) in [5.41, 5.74) is 0. The van der Waals surface area contributed by atoms with E-state index in [1.807, 2.05) is 0 Å². The summed E-state index contributed by atoms with van der Waals surface area (Å²) in [6.07, 6.45) is 2.56. The predicted molar refractivity (Wildman–Crippen MR) is 60.1 cm³/mol. The van der Waals surface area contributed by atoms with Gasteiger partial charge in [0.25, 0.3) is 10.2 Å². The summed E-state index contributed by atoms with van der Waals surface area (Å²) in [6.45, 7) is 3.65. The van der Waals surface area contributed by atoms with Crippen LogP contribution in [-0.2, 0) is 15.0 Å². The Morgan fingerprint density at radius 3 is 2.25 bits per heavy atom. The van der Waals surface area contributed by atoms with E-state index in [9.17, 15) is 13.2 Å². The average Bonchev–Trinajstić information content (AvgIpc) is 2.90. The fraction of sp³-hybridized carbons (Fsp3) is 0.900. The van der Waals surface area contributed by atoms with Gasteiger partial charge in [-0.2, -0.15) is 17.0 Å². The van der Waals surface area contributed by atoms with E-state index < -0.39 is 10.2 Å². The number of nitrogens with zero attached hydrogens (tertiary/aromatic N) is 2. The standard InChI is InChI=1S/C10H18N2O3S/c1-9(13)10-4-7-12(8-10)16(14,15)11-5-2-3-6-11/h10H,2-8H2,1H3/t10-/m1/s1. The Hall–Kier alpha value is -0.460. The van der Waals surface area contributed by atoms with Crippen LogP contribution in [0.2, 0.25) is 0 Å². The van der Waals surface area contributed by atoms with Crippen LogP contribution in [0, 0.1) is 5.92 Å². The van der Waals surface area contributed by atoms with E-state index in [-0.39, 0.29) is 11.7 Å². The third kappa shape index (κ3) is 2.14. The highest BCUT2D eigenvalue weighted by Crippen LogP contribution is 2.24. The predicted octanol–water partition coefficient (Wildman–Crippen LogP) is 0.238. The normalized spacial score (nSPS) is 28.7. The number of ketones is 1. The molecule has 0 aliphatic carbocycles. The van der Waals surface area contributed by atoms with Gasteiger partial charge in [-0.05, 0) is 26.2 Å². The van der Waals surface area contributed by atoms with E-state index in [0.717, 1.165) is 12.8 Å². The maximum absolute atomic E-state index is 12.1. The molecule has 2 aliphatic heterocycles. The molecular weight excluding hydrogens is 228 g/mol. The highest BCUT2D eigenvalue weighted by atomic mass is 32.2. The van der Waals surface area contributed by atoms with Crippen molar-refractivity contribution in [2.45, 2.75) is 26.2 Å². The molecule has 92 valence electrons. The Morgan fingerprint density at radius 2 is 1.75 bits per heavy atom. The highest BCUT2D eigenvalue weighted by molar-refractivity contribution is 7.86. The Morgan fingerprint density at radius 1 is 1.12 bits per heavy atom. The van der Waals surface area contributed by atoms with Crippen molar-refractivity contribution in [1.82, 2.24) is 8.61 Å². The largest absolute Gasteiger partial charge is 0.300 e. The lowest BCUT2D eigenvalue weighted by atomic mass is 10.1. The fourth-order valence-electron chi connectivity index (χ4n) is 2.35. The molecule has 0 bridgehead atoms. The van der Waals surface area contributed by atoms with Crippen LogP contribution < -0.4 is 0 Å². The summed E-state index contributed by atoms with van der Waals surface area (Å²) >= 11 is 0. The number of rotatable bonds is 3. The van der Waals surface area contributed by atoms with Gasteiger partial charge in [-0.25, -0.2) is 0 Å². The lowest BCUT2D eigenvalue weighted by Crippen LogP contribution is -2.41. The Balaban J connectivity index is 2.05. The van der Waals surface area contributed by atoms with Crippen LogP contribution in [0.15, 0.2) is 0 Å². The molecule has 0 aromatic carbocycles. The first-order valence-electron chi connectivity index (χ1n) is 5.77. The van der Waals surface area contributed by atoms with Crippen LogP contribution in [0.5, 0.6) is 0 Å². The molecule has 0 spiro atoms. The van der Waals surface area contributed by atoms with Crippen molar-refractivity contribution in [2.24, 2.45) is 5.92 Å². The summed E-state index contributed by atoms with van der Waals surface area (Å²) in [5.74, 6) is -0.00324. The minimum atomic E-state index is -3.29. The van der Waals surface area contributed by atoms with E-state index in [1.165, 1.54) is 15.5 Å². The van der Waals surface area contributed by atoms with Crippen molar-refractivity contribution in [3.05, 3.63) is 0 Å². The molecule has 0 aromatic heterocycles. The molecule has 2 saturated heterocycles. The second-order valence-electron chi connectivity index (χ2n) is 4.57. The minimum Gasteiger partial charge on any atom is -0.300 e. The summed E-state index contributed by atoms with van der Waals surface area (Å²) in [4.78, 5) is 11.2. The number of hydrogen-bond donors (Lipinski definition) is 0. The zero-order valence-corrected chi connectivity index (χ0v) is 10.4. The monoisotopic (exact) mass is 246 g/mol. The van der Waals surface area contributed by atoms with Crippen LogP contribution >= 0.6 is 0 Å². The van der Waals surface area contributed by atoms with Crippen molar-refractivity contribution in [3.8, 4) is 0 Å². The van der Waals surface area contributed by atoms with Crippen LogP contribution in [-0.4, -0.2) is 49.0 Å². The molecule has 2 rings (SSSR count). The van der Waals surface area contributed by atoms with E-state index >= 15 is 0 Å². The quantitative estimate of drug-likeness (QED) is 0.716. The maximum atomic E-state index is 12.1. The highest BCUT2D eigenvalue weighted by Gasteiger charge is 2.37. The topological polar surface area (TPSA) is 57.7 Å². The molecule has 2 aliphatic rings. The number of hydrogen-bond acceptors (Lipinski definition) is 3. The van der Waals surface area contributed by atoms with Crippen molar-refractivity contribution in [3.63, 3.8) is 0 Å². The Labute approximate surface area is 96.6 Å². The molecule has 0 aromatic rings. The van der Waals surface area contributed by atoms with Crippen LogP contribution in [0.25, 0.3) is 0 Å². The molecule has 0 amide bonds. The zero-order chi connectivity index (χ0) is 11.8. The van der Waals surface area contributed by atoms with Gasteiger partial charge in [0.15, 0.2) is 0 Å². The first-order chi connectivity index (χ1) is 7.51. The van der Waals surface area contributed by atoms with Gasteiger partial charge in [-0.1, -0.05) is 0 Å². The van der Waals surface area contributed by atoms with E-state index in [1.54, 1.807) is 0 Å². The molecule has 2 heterocycles. The van der Waals surface area contributed by atoms with Gasteiger partial charge >= 0.3 is 0 Å². The molecule has 0 radical (unpaired) electrons. The first-order valence-corrected chi connectivity index (χ1v) is 7.17. The van der Waals surface area contributed by atoms with Gasteiger partial charge < -0.3 is 0 Å². The lowest BCUT2D eigenvalue weighted by molar-refractivity contribution is -0.120. The van der Waals surface area contributed by atoms with E-state index in [4.69, 9.17) is 0 Å². The van der Waals surface area contributed by atoms with E-state index in [2.05, 4.69) is 0 Å². The molecule has 0 unspecified atom stereocenters. The third-order valence-corrected chi connectivity index (χ3v) is 5.45.